The molecule has 0 fully saturated rings. The van der Waals surface area contributed by atoms with Gasteiger partial charge in [-0.25, -0.2) is 4.79 Å². The van der Waals surface area contributed by atoms with Crippen molar-refractivity contribution in [2.24, 2.45) is 0 Å². The Labute approximate surface area is 178 Å². The number of rotatable bonds is 7. The fourth-order valence-electron chi connectivity index (χ4n) is 3.38. The van der Waals surface area contributed by atoms with Gasteiger partial charge in [0.25, 0.3) is 0 Å². The van der Waals surface area contributed by atoms with Gasteiger partial charge in [-0.15, -0.1) is 10.2 Å². The molecule has 30 heavy (non-hydrogen) atoms. The molecular weight excluding hydrogens is 398 g/mol. The number of ether oxygens (including phenoxy) is 1. The third-order valence-electron chi connectivity index (χ3n) is 4.85. The molecule has 0 aliphatic rings. The van der Waals surface area contributed by atoms with E-state index in [4.69, 9.17) is 9.15 Å². The molecule has 0 radical (unpaired) electrons. The van der Waals surface area contributed by atoms with E-state index in [1.807, 2.05) is 37.3 Å². The average Bonchev–Trinajstić information content (AvgIpc) is 3.12. The van der Waals surface area contributed by atoms with Crippen LogP contribution in [0.5, 0.6) is 0 Å². The molecule has 4 aromatic rings. The van der Waals surface area contributed by atoms with Crippen molar-refractivity contribution in [2.45, 2.75) is 31.3 Å². The summed E-state index contributed by atoms with van der Waals surface area (Å²) in [5, 5.41) is 10.6. The minimum atomic E-state index is -0.343. The molecule has 0 aliphatic carbocycles. The quantitative estimate of drug-likeness (QED) is 0.321. The van der Waals surface area contributed by atoms with E-state index in [1.165, 1.54) is 5.56 Å². The molecule has 0 atom stereocenters. The molecule has 7 heteroatoms. The maximum Gasteiger partial charge on any atom is 0.336 e. The molecule has 0 bridgehead atoms. The van der Waals surface area contributed by atoms with Gasteiger partial charge in [-0.1, -0.05) is 47.7 Å². The van der Waals surface area contributed by atoms with Crippen LogP contribution in [0.1, 0.15) is 16.7 Å². The van der Waals surface area contributed by atoms with Crippen molar-refractivity contribution in [3.8, 4) is 11.4 Å². The highest BCUT2D eigenvalue weighted by molar-refractivity contribution is 7.98. The van der Waals surface area contributed by atoms with E-state index in [0.29, 0.717) is 24.5 Å². The Morgan fingerprint density at radius 2 is 1.90 bits per heavy atom. The minimum absolute atomic E-state index is 0.343. The molecule has 0 amide bonds. The SMILES string of the molecule is COCCn1c(SCc2cc(=O)oc3cc(C)ccc23)nnc1-c1cccc(C)c1. The highest BCUT2D eigenvalue weighted by atomic mass is 32.2. The van der Waals surface area contributed by atoms with E-state index in [2.05, 4.69) is 33.8 Å². The van der Waals surface area contributed by atoms with E-state index in [1.54, 1.807) is 24.9 Å². The van der Waals surface area contributed by atoms with Gasteiger partial charge in [-0.2, -0.15) is 0 Å². The molecule has 0 N–H and O–H groups in total. The van der Waals surface area contributed by atoms with Crippen LogP contribution in [0.15, 0.2) is 62.9 Å². The molecular formula is C23H23N3O3S. The van der Waals surface area contributed by atoms with Crippen molar-refractivity contribution in [3.05, 3.63) is 75.6 Å². The number of benzene rings is 2. The molecule has 0 spiro atoms. The zero-order valence-electron chi connectivity index (χ0n) is 17.2. The number of aryl methyl sites for hydroxylation is 2. The summed E-state index contributed by atoms with van der Waals surface area (Å²) < 4.78 is 12.7. The Kier molecular flexibility index (Phi) is 6.01. The van der Waals surface area contributed by atoms with Crippen LogP contribution >= 0.6 is 11.8 Å². The van der Waals surface area contributed by atoms with Crippen LogP contribution in [0.25, 0.3) is 22.4 Å². The smallest absolute Gasteiger partial charge is 0.336 e. The largest absolute Gasteiger partial charge is 0.423 e. The standard InChI is InChI=1S/C23H23N3O3S/c1-15-5-4-6-17(11-15)22-24-25-23(26(22)9-10-28-3)30-14-18-13-21(27)29-20-12-16(2)7-8-19(18)20/h4-8,11-13H,9-10,14H2,1-3H3. The van der Waals surface area contributed by atoms with Gasteiger partial charge in [0.1, 0.15) is 5.58 Å². The summed E-state index contributed by atoms with van der Waals surface area (Å²) >= 11 is 1.55. The van der Waals surface area contributed by atoms with Gasteiger partial charge in [0, 0.05) is 29.9 Å². The second kappa shape index (κ2) is 8.85. The lowest BCUT2D eigenvalue weighted by atomic mass is 10.1. The van der Waals surface area contributed by atoms with Crippen LogP contribution in [0.2, 0.25) is 0 Å². The van der Waals surface area contributed by atoms with Crippen LogP contribution in [-0.4, -0.2) is 28.5 Å². The summed E-state index contributed by atoms with van der Waals surface area (Å²) in [4.78, 5) is 12.0. The van der Waals surface area contributed by atoms with E-state index in [9.17, 15) is 4.79 Å². The molecule has 0 saturated carbocycles. The summed E-state index contributed by atoms with van der Waals surface area (Å²) in [6.07, 6.45) is 0. The monoisotopic (exact) mass is 421 g/mol. The number of aromatic nitrogens is 3. The number of methoxy groups -OCH3 is 1. The summed E-state index contributed by atoms with van der Waals surface area (Å²) in [7, 11) is 1.68. The predicted octanol–water partition coefficient (Wildman–Crippen LogP) is 4.61. The second-order valence-corrected chi connectivity index (χ2v) is 8.14. The van der Waals surface area contributed by atoms with Gasteiger partial charge in [0.05, 0.1) is 13.2 Å². The number of hydrogen-bond acceptors (Lipinski definition) is 6. The predicted molar refractivity (Wildman–Crippen MR) is 119 cm³/mol. The summed E-state index contributed by atoms with van der Waals surface area (Å²) in [6, 6.07) is 15.7. The molecule has 2 heterocycles. The van der Waals surface area contributed by atoms with Crippen LogP contribution in [0, 0.1) is 13.8 Å². The molecule has 154 valence electrons. The maximum absolute atomic E-state index is 12.0. The van der Waals surface area contributed by atoms with Crippen molar-refractivity contribution in [2.75, 3.05) is 13.7 Å². The third-order valence-corrected chi connectivity index (χ3v) is 5.87. The van der Waals surface area contributed by atoms with E-state index < -0.39 is 0 Å². The van der Waals surface area contributed by atoms with Gasteiger partial charge in [0.2, 0.25) is 0 Å². The maximum atomic E-state index is 12.0. The van der Waals surface area contributed by atoms with Gasteiger partial charge < -0.3 is 9.15 Å². The Hall–Kier alpha value is -2.90. The summed E-state index contributed by atoms with van der Waals surface area (Å²) in [5.41, 5.74) is 4.43. The number of nitrogens with zero attached hydrogens (tertiary/aromatic N) is 3. The van der Waals surface area contributed by atoms with Crippen molar-refractivity contribution in [1.82, 2.24) is 14.8 Å². The van der Waals surface area contributed by atoms with Crippen molar-refractivity contribution in [3.63, 3.8) is 0 Å². The Balaban J connectivity index is 1.67. The normalized spacial score (nSPS) is 11.3. The van der Waals surface area contributed by atoms with Crippen molar-refractivity contribution < 1.29 is 9.15 Å². The van der Waals surface area contributed by atoms with E-state index in [-0.39, 0.29) is 5.63 Å². The summed E-state index contributed by atoms with van der Waals surface area (Å²) in [6.45, 7) is 5.24. The lowest BCUT2D eigenvalue weighted by molar-refractivity contribution is 0.185. The van der Waals surface area contributed by atoms with Gasteiger partial charge >= 0.3 is 5.63 Å². The van der Waals surface area contributed by atoms with Crippen molar-refractivity contribution >= 4 is 22.7 Å². The second-order valence-electron chi connectivity index (χ2n) is 7.20. The van der Waals surface area contributed by atoms with Gasteiger partial charge in [0.15, 0.2) is 11.0 Å². The zero-order valence-corrected chi connectivity index (χ0v) is 18.0. The molecule has 4 rings (SSSR count). The lowest BCUT2D eigenvalue weighted by Gasteiger charge is -2.11. The summed E-state index contributed by atoms with van der Waals surface area (Å²) in [5.74, 6) is 1.40. The Bertz CT molecular complexity index is 1250. The van der Waals surface area contributed by atoms with Gasteiger partial charge in [-0.3, -0.25) is 4.57 Å². The fourth-order valence-corrected chi connectivity index (χ4v) is 4.33. The highest BCUT2D eigenvalue weighted by Crippen LogP contribution is 2.29. The fraction of sp³-hybridized carbons (Fsp3) is 0.261. The van der Waals surface area contributed by atoms with Crippen LogP contribution in [0.4, 0.5) is 0 Å². The van der Waals surface area contributed by atoms with Gasteiger partial charge in [-0.05, 0) is 37.1 Å². The van der Waals surface area contributed by atoms with E-state index >= 15 is 0 Å². The van der Waals surface area contributed by atoms with E-state index in [0.717, 1.165) is 33.1 Å². The first-order valence-electron chi connectivity index (χ1n) is 9.70. The first kappa shape index (κ1) is 20.4. The minimum Gasteiger partial charge on any atom is -0.423 e. The van der Waals surface area contributed by atoms with Crippen LogP contribution in [0.3, 0.4) is 0 Å². The Morgan fingerprint density at radius 3 is 2.70 bits per heavy atom. The first-order valence-corrected chi connectivity index (χ1v) is 10.7. The molecule has 0 saturated heterocycles. The molecule has 0 aliphatic heterocycles. The lowest BCUT2D eigenvalue weighted by Crippen LogP contribution is -2.08. The van der Waals surface area contributed by atoms with Crippen molar-refractivity contribution in [1.29, 1.82) is 0 Å². The first-order chi connectivity index (χ1) is 14.5. The van der Waals surface area contributed by atoms with Crippen LogP contribution < -0.4 is 5.63 Å². The highest BCUT2D eigenvalue weighted by Gasteiger charge is 2.16. The number of thioether (sulfide) groups is 1. The number of hydrogen-bond donors (Lipinski definition) is 0. The average molecular weight is 422 g/mol. The Morgan fingerprint density at radius 1 is 1.07 bits per heavy atom. The topological polar surface area (TPSA) is 70.2 Å². The molecule has 6 nitrogen and oxygen atoms in total. The third kappa shape index (κ3) is 4.32. The molecule has 0 unspecified atom stereocenters. The zero-order chi connectivity index (χ0) is 21.1. The molecule has 2 aromatic heterocycles. The molecule has 2 aromatic carbocycles. The number of fused-ring (bicyclic) bond motifs is 1. The van der Waals surface area contributed by atoms with Crippen LogP contribution in [-0.2, 0) is 17.0 Å².